The monoisotopic (exact) mass is 294 g/mol. The Hall–Kier alpha value is -2.08. The molecule has 0 aliphatic heterocycles. The van der Waals surface area contributed by atoms with Crippen molar-refractivity contribution in [3.05, 3.63) is 29.8 Å². The van der Waals surface area contributed by atoms with Gasteiger partial charge in [0, 0.05) is 19.3 Å². The Balaban J connectivity index is 2.88. The molecular formula is C15H22N2O4. The van der Waals surface area contributed by atoms with E-state index < -0.39 is 24.6 Å². The number of aryl methyl sites for hydroxylation is 1. The number of carbonyl (C=O) groups is 2. The van der Waals surface area contributed by atoms with E-state index in [1.165, 1.54) is 9.80 Å². The predicted octanol–water partition coefficient (Wildman–Crippen LogP) is 1.71. The molecule has 1 unspecified atom stereocenters. The Morgan fingerprint density at radius 1 is 1.24 bits per heavy atom. The minimum Gasteiger partial charge on any atom is -0.480 e. The highest BCUT2D eigenvalue weighted by atomic mass is 16.4. The van der Waals surface area contributed by atoms with Crippen LogP contribution in [0.1, 0.15) is 18.9 Å². The fourth-order valence-electron chi connectivity index (χ4n) is 1.81. The fraction of sp³-hybridized carbons (Fsp3) is 0.467. The Kier molecular flexibility index (Phi) is 6.17. The number of carboxylic acid groups (broad SMARTS) is 1. The molecule has 0 aliphatic rings. The van der Waals surface area contributed by atoms with Crippen LogP contribution in [0.15, 0.2) is 24.3 Å². The second kappa shape index (κ2) is 7.64. The lowest BCUT2D eigenvalue weighted by Gasteiger charge is -2.27. The van der Waals surface area contributed by atoms with Gasteiger partial charge in [0.1, 0.15) is 6.54 Å². The number of hydrogen-bond donors (Lipinski definition) is 2. The molecule has 0 bridgehead atoms. The summed E-state index contributed by atoms with van der Waals surface area (Å²) in [4.78, 5) is 26.0. The lowest BCUT2D eigenvalue weighted by atomic mass is 10.2. The number of benzene rings is 1. The summed E-state index contributed by atoms with van der Waals surface area (Å²) < 4.78 is 0. The van der Waals surface area contributed by atoms with Crippen molar-refractivity contribution in [2.24, 2.45) is 0 Å². The van der Waals surface area contributed by atoms with Gasteiger partial charge in [0.15, 0.2) is 0 Å². The maximum absolute atomic E-state index is 12.4. The molecule has 6 nitrogen and oxygen atoms in total. The second-order valence-electron chi connectivity index (χ2n) is 5.16. The number of aliphatic hydroxyl groups excluding tert-OH is 1. The highest BCUT2D eigenvalue weighted by molar-refractivity contribution is 5.96. The van der Waals surface area contributed by atoms with Crippen LogP contribution in [0.25, 0.3) is 0 Å². The molecule has 0 aliphatic carbocycles. The number of urea groups is 1. The van der Waals surface area contributed by atoms with Gasteiger partial charge in [-0.3, -0.25) is 9.69 Å². The van der Waals surface area contributed by atoms with Gasteiger partial charge in [-0.25, -0.2) is 4.79 Å². The molecule has 1 rings (SSSR count). The van der Waals surface area contributed by atoms with Gasteiger partial charge in [0.25, 0.3) is 0 Å². The van der Waals surface area contributed by atoms with Crippen molar-refractivity contribution in [2.45, 2.75) is 26.4 Å². The van der Waals surface area contributed by atoms with Crippen molar-refractivity contribution in [3.8, 4) is 0 Å². The van der Waals surface area contributed by atoms with E-state index in [1.807, 2.05) is 19.1 Å². The van der Waals surface area contributed by atoms with Crippen LogP contribution < -0.4 is 4.90 Å². The zero-order chi connectivity index (χ0) is 16.0. The summed E-state index contributed by atoms with van der Waals surface area (Å²) in [5, 5.41) is 18.3. The molecule has 1 aromatic carbocycles. The van der Waals surface area contributed by atoms with Gasteiger partial charge < -0.3 is 15.1 Å². The number of aliphatic carboxylic acids is 1. The number of carbonyl (C=O) groups excluding carboxylic acids is 1. The second-order valence-corrected chi connectivity index (χ2v) is 5.16. The van der Waals surface area contributed by atoms with Crippen molar-refractivity contribution < 1.29 is 19.8 Å². The molecule has 0 saturated heterocycles. The quantitative estimate of drug-likeness (QED) is 0.837. The lowest BCUT2D eigenvalue weighted by Crippen LogP contribution is -2.44. The summed E-state index contributed by atoms with van der Waals surface area (Å²) in [6, 6.07) is 6.69. The smallest absolute Gasteiger partial charge is 0.324 e. The van der Waals surface area contributed by atoms with Gasteiger partial charge in [-0.15, -0.1) is 0 Å². The number of aliphatic hydroxyl groups is 1. The molecule has 21 heavy (non-hydrogen) atoms. The van der Waals surface area contributed by atoms with Crippen molar-refractivity contribution >= 4 is 17.7 Å². The van der Waals surface area contributed by atoms with E-state index in [1.54, 1.807) is 26.1 Å². The predicted molar refractivity (Wildman–Crippen MR) is 80.5 cm³/mol. The van der Waals surface area contributed by atoms with Crippen LogP contribution in [0.4, 0.5) is 10.5 Å². The van der Waals surface area contributed by atoms with Crippen molar-refractivity contribution in [3.63, 3.8) is 0 Å². The first kappa shape index (κ1) is 17.0. The summed E-state index contributed by atoms with van der Waals surface area (Å²) in [5.74, 6) is -1.08. The first-order valence-corrected chi connectivity index (χ1v) is 6.80. The third-order valence-electron chi connectivity index (χ3n) is 3.08. The van der Waals surface area contributed by atoms with Crippen LogP contribution in [0.2, 0.25) is 0 Å². The summed E-state index contributed by atoms with van der Waals surface area (Å²) in [6.45, 7) is 3.52. The van der Waals surface area contributed by atoms with Gasteiger partial charge in [0.2, 0.25) is 0 Å². The Bertz CT molecular complexity index is 485. The number of rotatable bonds is 6. The maximum atomic E-state index is 12.4. The summed E-state index contributed by atoms with van der Waals surface area (Å²) in [5.41, 5.74) is 1.57. The molecule has 0 aromatic heterocycles. The molecule has 116 valence electrons. The van der Waals surface area contributed by atoms with Crippen LogP contribution in [-0.2, 0) is 4.79 Å². The zero-order valence-electron chi connectivity index (χ0n) is 12.6. The van der Waals surface area contributed by atoms with E-state index >= 15 is 0 Å². The Labute approximate surface area is 124 Å². The Morgan fingerprint density at radius 3 is 2.29 bits per heavy atom. The molecular weight excluding hydrogens is 272 g/mol. The Morgan fingerprint density at radius 2 is 1.81 bits per heavy atom. The molecule has 2 amide bonds. The van der Waals surface area contributed by atoms with Crippen LogP contribution in [0, 0.1) is 6.92 Å². The maximum Gasteiger partial charge on any atom is 0.324 e. The van der Waals surface area contributed by atoms with Crippen LogP contribution in [0.3, 0.4) is 0 Å². The van der Waals surface area contributed by atoms with Gasteiger partial charge in [-0.2, -0.15) is 0 Å². The highest BCUT2D eigenvalue weighted by Gasteiger charge is 2.22. The molecule has 2 N–H and O–H groups in total. The molecule has 0 spiro atoms. The van der Waals surface area contributed by atoms with E-state index in [9.17, 15) is 14.7 Å². The largest absolute Gasteiger partial charge is 0.480 e. The van der Waals surface area contributed by atoms with Crippen molar-refractivity contribution in [1.29, 1.82) is 0 Å². The van der Waals surface area contributed by atoms with E-state index in [0.29, 0.717) is 18.7 Å². The third-order valence-corrected chi connectivity index (χ3v) is 3.08. The standard InChI is InChI=1S/C15H22N2O4/c1-11-4-6-13(7-5-11)17(10-14(19)20)15(21)16(3)9-8-12(2)18/h4-7,12,18H,8-10H2,1-3H3,(H,19,20). The topological polar surface area (TPSA) is 81.1 Å². The first-order chi connectivity index (χ1) is 9.81. The fourth-order valence-corrected chi connectivity index (χ4v) is 1.81. The number of amides is 2. The SMILES string of the molecule is Cc1ccc(N(CC(=O)O)C(=O)N(C)CCC(C)O)cc1. The van der Waals surface area contributed by atoms with E-state index in [0.717, 1.165) is 5.56 Å². The summed E-state index contributed by atoms with van der Waals surface area (Å²) in [6.07, 6.45) is -0.0654. The first-order valence-electron chi connectivity index (χ1n) is 6.80. The van der Waals surface area contributed by atoms with Gasteiger partial charge in [0.05, 0.1) is 6.10 Å². The number of anilines is 1. The number of carboxylic acids is 1. The molecule has 6 heteroatoms. The van der Waals surface area contributed by atoms with Gasteiger partial charge in [-0.05, 0) is 32.4 Å². The van der Waals surface area contributed by atoms with Gasteiger partial charge in [-0.1, -0.05) is 17.7 Å². The lowest BCUT2D eigenvalue weighted by molar-refractivity contribution is -0.135. The minimum absolute atomic E-state index is 0.360. The number of nitrogens with zero attached hydrogens (tertiary/aromatic N) is 2. The summed E-state index contributed by atoms with van der Waals surface area (Å²) >= 11 is 0. The summed E-state index contributed by atoms with van der Waals surface area (Å²) in [7, 11) is 1.59. The van der Waals surface area contributed by atoms with Crippen LogP contribution in [-0.4, -0.2) is 53.4 Å². The van der Waals surface area contributed by atoms with Crippen molar-refractivity contribution in [1.82, 2.24) is 4.90 Å². The zero-order valence-corrected chi connectivity index (χ0v) is 12.6. The van der Waals surface area contributed by atoms with Crippen LogP contribution in [0.5, 0.6) is 0 Å². The number of hydrogen-bond acceptors (Lipinski definition) is 3. The minimum atomic E-state index is -1.08. The average molecular weight is 294 g/mol. The molecule has 0 saturated carbocycles. The third kappa shape index (κ3) is 5.43. The average Bonchev–Trinajstić information content (AvgIpc) is 2.42. The molecule has 0 heterocycles. The molecule has 0 fully saturated rings. The van der Waals surface area contributed by atoms with E-state index in [4.69, 9.17) is 5.11 Å². The van der Waals surface area contributed by atoms with Crippen molar-refractivity contribution in [2.75, 3.05) is 25.0 Å². The van der Waals surface area contributed by atoms with E-state index in [2.05, 4.69) is 0 Å². The van der Waals surface area contributed by atoms with Crippen LogP contribution >= 0.6 is 0 Å². The normalized spacial score (nSPS) is 11.8. The highest BCUT2D eigenvalue weighted by Crippen LogP contribution is 2.16. The molecule has 1 atom stereocenters. The molecule has 0 radical (unpaired) electrons. The van der Waals surface area contributed by atoms with Gasteiger partial charge >= 0.3 is 12.0 Å². The molecule has 1 aromatic rings. The van der Waals surface area contributed by atoms with E-state index in [-0.39, 0.29) is 0 Å².